The lowest BCUT2D eigenvalue weighted by Crippen LogP contribution is -2.05. The molecule has 2 heterocycles. The van der Waals surface area contributed by atoms with Gasteiger partial charge in [-0.3, -0.25) is 9.20 Å². The van der Waals surface area contributed by atoms with Gasteiger partial charge in [-0.2, -0.15) is 4.98 Å². The van der Waals surface area contributed by atoms with E-state index in [1.165, 1.54) is 6.92 Å². The van der Waals surface area contributed by atoms with Crippen molar-refractivity contribution in [3.63, 3.8) is 0 Å². The van der Waals surface area contributed by atoms with E-state index in [4.69, 9.17) is 0 Å². The molecule has 0 saturated carbocycles. The predicted molar refractivity (Wildman–Crippen MR) is 55.0 cm³/mol. The first-order valence-corrected chi connectivity index (χ1v) is 4.72. The van der Waals surface area contributed by atoms with E-state index in [0.29, 0.717) is 11.6 Å². The molecule has 0 bridgehead atoms. The highest BCUT2D eigenvalue weighted by Gasteiger charge is 2.03. The zero-order valence-corrected chi connectivity index (χ0v) is 8.95. The summed E-state index contributed by atoms with van der Waals surface area (Å²) in [5.74, 6) is 0.910. The highest BCUT2D eigenvalue weighted by Crippen LogP contribution is 2.11. The predicted octanol–water partition coefficient (Wildman–Crippen LogP) is 1.45. The second-order valence-electron chi connectivity index (χ2n) is 2.79. The van der Waals surface area contributed by atoms with Crippen molar-refractivity contribution in [2.24, 2.45) is 0 Å². The lowest BCUT2D eigenvalue weighted by atomic mass is 10.6. The Kier molecular flexibility index (Phi) is 2.20. The molecule has 1 N–H and O–H groups in total. The molecule has 1 amide bonds. The van der Waals surface area contributed by atoms with Crippen LogP contribution in [0.5, 0.6) is 0 Å². The molecule has 0 atom stereocenters. The number of halogens is 1. The van der Waals surface area contributed by atoms with Crippen molar-refractivity contribution >= 4 is 33.4 Å². The molecule has 0 aliphatic carbocycles. The van der Waals surface area contributed by atoms with E-state index in [1.807, 2.05) is 6.20 Å². The minimum absolute atomic E-state index is 0.146. The van der Waals surface area contributed by atoms with Gasteiger partial charge in [-0.1, -0.05) is 0 Å². The van der Waals surface area contributed by atoms with Gasteiger partial charge in [0.1, 0.15) is 0 Å². The Morgan fingerprint density at radius 3 is 3.07 bits per heavy atom. The summed E-state index contributed by atoms with van der Waals surface area (Å²) >= 11 is 3.29. The summed E-state index contributed by atoms with van der Waals surface area (Å²) in [6.07, 6.45) is 5.18. The van der Waals surface area contributed by atoms with Crippen molar-refractivity contribution in [2.45, 2.75) is 6.92 Å². The SMILES string of the molecule is CC(=O)Nc1cn2cc(Br)cnc2n1. The number of hydrogen-bond donors (Lipinski definition) is 1. The van der Waals surface area contributed by atoms with Gasteiger partial charge in [-0.05, 0) is 15.9 Å². The topological polar surface area (TPSA) is 59.3 Å². The Morgan fingerprint density at radius 2 is 2.36 bits per heavy atom. The fraction of sp³-hybridized carbons (Fsp3) is 0.125. The van der Waals surface area contributed by atoms with Crippen molar-refractivity contribution in [3.05, 3.63) is 23.1 Å². The normalized spacial score (nSPS) is 10.4. The third-order valence-electron chi connectivity index (χ3n) is 1.58. The summed E-state index contributed by atoms with van der Waals surface area (Å²) in [5.41, 5.74) is 0. The Bertz CT molecular complexity index is 493. The molecule has 2 aromatic heterocycles. The number of carbonyl (C=O) groups excluding carboxylic acids is 1. The van der Waals surface area contributed by atoms with E-state index < -0.39 is 0 Å². The second kappa shape index (κ2) is 3.38. The first-order valence-electron chi connectivity index (χ1n) is 3.93. The van der Waals surface area contributed by atoms with E-state index in [1.54, 1.807) is 16.8 Å². The van der Waals surface area contributed by atoms with Gasteiger partial charge in [0.25, 0.3) is 0 Å². The third kappa shape index (κ3) is 1.74. The van der Waals surface area contributed by atoms with Crippen molar-refractivity contribution < 1.29 is 4.79 Å². The molecule has 0 radical (unpaired) electrons. The molecule has 2 aromatic rings. The van der Waals surface area contributed by atoms with Crippen molar-refractivity contribution in [2.75, 3.05) is 5.32 Å². The first-order chi connectivity index (χ1) is 6.65. The number of anilines is 1. The van der Waals surface area contributed by atoms with E-state index in [2.05, 4.69) is 31.2 Å². The third-order valence-corrected chi connectivity index (χ3v) is 1.99. The largest absolute Gasteiger partial charge is 0.310 e. The molecule has 0 unspecified atom stereocenters. The number of imidazole rings is 1. The maximum absolute atomic E-state index is 10.8. The van der Waals surface area contributed by atoms with Crippen LogP contribution in [0.2, 0.25) is 0 Å². The number of fused-ring (bicyclic) bond motifs is 1. The summed E-state index contributed by atoms with van der Waals surface area (Å²) in [5, 5.41) is 2.59. The molecule has 0 aliphatic rings. The van der Waals surface area contributed by atoms with Crippen LogP contribution in [0.25, 0.3) is 5.78 Å². The Hall–Kier alpha value is -1.43. The Balaban J connectivity index is 2.46. The molecular weight excluding hydrogens is 248 g/mol. The summed E-state index contributed by atoms with van der Waals surface area (Å²) < 4.78 is 2.59. The molecule has 0 aromatic carbocycles. The highest BCUT2D eigenvalue weighted by atomic mass is 79.9. The average molecular weight is 255 g/mol. The molecule has 72 valence electrons. The van der Waals surface area contributed by atoms with Gasteiger partial charge < -0.3 is 5.32 Å². The monoisotopic (exact) mass is 254 g/mol. The van der Waals surface area contributed by atoms with Gasteiger partial charge in [0.05, 0.1) is 10.7 Å². The van der Waals surface area contributed by atoms with Crippen molar-refractivity contribution in [3.8, 4) is 0 Å². The van der Waals surface area contributed by atoms with Crippen molar-refractivity contribution in [1.82, 2.24) is 14.4 Å². The van der Waals surface area contributed by atoms with Crippen LogP contribution >= 0.6 is 15.9 Å². The molecule has 0 fully saturated rings. The van der Waals surface area contributed by atoms with E-state index >= 15 is 0 Å². The van der Waals surface area contributed by atoms with Gasteiger partial charge in [-0.25, -0.2) is 4.98 Å². The number of hydrogen-bond acceptors (Lipinski definition) is 3. The molecule has 6 heteroatoms. The summed E-state index contributed by atoms with van der Waals surface area (Å²) in [4.78, 5) is 18.9. The van der Waals surface area contributed by atoms with E-state index in [-0.39, 0.29) is 5.91 Å². The zero-order valence-electron chi connectivity index (χ0n) is 7.36. The lowest BCUT2D eigenvalue weighted by Gasteiger charge is -1.91. The number of nitrogens with zero attached hydrogens (tertiary/aromatic N) is 3. The van der Waals surface area contributed by atoms with Crippen LogP contribution in [-0.2, 0) is 4.79 Å². The fourth-order valence-corrected chi connectivity index (χ4v) is 1.42. The summed E-state index contributed by atoms with van der Waals surface area (Å²) in [7, 11) is 0. The maximum Gasteiger partial charge on any atom is 0.235 e. The summed E-state index contributed by atoms with van der Waals surface area (Å²) in [6.45, 7) is 1.44. The van der Waals surface area contributed by atoms with E-state index in [0.717, 1.165) is 4.47 Å². The van der Waals surface area contributed by atoms with Gasteiger partial charge in [-0.15, -0.1) is 0 Å². The van der Waals surface area contributed by atoms with Crippen LogP contribution < -0.4 is 5.32 Å². The summed E-state index contributed by atoms with van der Waals surface area (Å²) in [6, 6.07) is 0. The van der Waals surface area contributed by atoms with Gasteiger partial charge in [0.2, 0.25) is 11.7 Å². The first kappa shape index (κ1) is 9.14. The van der Waals surface area contributed by atoms with Gasteiger partial charge >= 0.3 is 0 Å². The van der Waals surface area contributed by atoms with Gasteiger partial charge in [0.15, 0.2) is 5.82 Å². The number of amides is 1. The molecular formula is C8H7BrN4O. The smallest absolute Gasteiger partial charge is 0.235 e. The standard InChI is InChI=1S/C8H7BrN4O/c1-5(14)11-7-4-13-3-6(9)2-10-8(13)12-7/h2-4H,1H3,(H,11,14). The number of carbonyl (C=O) groups is 1. The minimum Gasteiger partial charge on any atom is -0.310 e. The molecule has 2 rings (SSSR count). The van der Waals surface area contributed by atoms with E-state index in [9.17, 15) is 4.79 Å². The number of rotatable bonds is 1. The van der Waals surface area contributed by atoms with Crippen LogP contribution in [0.3, 0.4) is 0 Å². The maximum atomic E-state index is 10.8. The minimum atomic E-state index is -0.146. The average Bonchev–Trinajstić information content (AvgIpc) is 2.44. The van der Waals surface area contributed by atoms with Gasteiger partial charge in [0, 0.05) is 19.3 Å². The molecule has 5 nitrogen and oxygen atoms in total. The van der Waals surface area contributed by atoms with Crippen LogP contribution in [0.15, 0.2) is 23.1 Å². The van der Waals surface area contributed by atoms with Crippen LogP contribution in [0.1, 0.15) is 6.92 Å². The highest BCUT2D eigenvalue weighted by molar-refractivity contribution is 9.10. The quantitative estimate of drug-likeness (QED) is 0.838. The lowest BCUT2D eigenvalue weighted by molar-refractivity contribution is -0.114. The molecule has 14 heavy (non-hydrogen) atoms. The van der Waals surface area contributed by atoms with Crippen LogP contribution in [0, 0.1) is 0 Å². The Labute approximate surface area is 88.3 Å². The molecule has 0 aliphatic heterocycles. The second-order valence-corrected chi connectivity index (χ2v) is 3.70. The van der Waals surface area contributed by atoms with Crippen LogP contribution in [0.4, 0.5) is 5.82 Å². The number of nitrogens with one attached hydrogen (secondary N) is 1. The van der Waals surface area contributed by atoms with Crippen LogP contribution in [-0.4, -0.2) is 20.3 Å². The zero-order chi connectivity index (χ0) is 10.1. The molecule has 0 saturated heterocycles. The Morgan fingerprint density at radius 1 is 1.57 bits per heavy atom. The fourth-order valence-electron chi connectivity index (χ4n) is 1.10. The van der Waals surface area contributed by atoms with Crippen molar-refractivity contribution in [1.29, 1.82) is 0 Å². The number of aromatic nitrogens is 3. The molecule has 0 spiro atoms.